The van der Waals surface area contributed by atoms with Crippen molar-refractivity contribution in [1.82, 2.24) is 9.71 Å². The SMILES string of the molecule is CCNS(=O)(=O)C1CCN(c2cccc(C)n2)C1. The molecule has 5 nitrogen and oxygen atoms in total. The van der Waals surface area contributed by atoms with Gasteiger partial charge >= 0.3 is 0 Å². The van der Waals surface area contributed by atoms with E-state index in [-0.39, 0.29) is 5.25 Å². The average molecular weight is 269 g/mol. The lowest BCUT2D eigenvalue weighted by molar-refractivity contribution is 0.571. The zero-order valence-electron chi connectivity index (χ0n) is 10.8. The molecule has 100 valence electrons. The van der Waals surface area contributed by atoms with E-state index in [2.05, 4.69) is 9.71 Å². The van der Waals surface area contributed by atoms with E-state index in [1.54, 1.807) is 6.92 Å². The molecule has 0 amide bonds. The molecule has 2 heterocycles. The number of hydrogen-bond acceptors (Lipinski definition) is 4. The lowest BCUT2D eigenvalue weighted by Gasteiger charge is -2.18. The molecule has 6 heteroatoms. The van der Waals surface area contributed by atoms with Gasteiger partial charge in [-0.1, -0.05) is 13.0 Å². The smallest absolute Gasteiger partial charge is 0.216 e. The molecular formula is C12H19N3O2S. The van der Waals surface area contributed by atoms with Gasteiger partial charge in [-0.05, 0) is 25.5 Å². The summed E-state index contributed by atoms with van der Waals surface area (Å²) < 4.78 is 26.4. The van der Waals surface area contributed by atoms with Crippen LogP contribution in [0.2, 0.25) is 0 Å². The van der Waals surface area contributed by atoms with Crippen LogP contribution in [0.4, 0.5) is 5.82 Å². The van der Waals surface area contributed by atoms with E-state index in [0.717, 1.165) is 18.1 Å². The van der Waals surface area contributed by atoms with E-state index in [4.69, 9.17) is 0 Å². The van der Waals surface area contributed by atoms with Crippen molar-refractivity contribution in [1.29, 1.82) is 0 Å². The first kappa shape index (κ1) is 13.3. The van der Waals surface area contributed by atoms with Gasteiger partial charge in [-0.15, -0.1) is 0 Å². The van der Waals surface area contributed by atoms with Crippen LogP contribution in [-0.4, -0.2) is 38.3 Å². The van der Waals surface area contributed by atoms with Crippen molar-refractivity contribution in [3.63, 3.8) is 0 Å². The summed E-state index contributed by atoms with van der Waals surface area (Å²) in [4.78, 5) is 6.46. The molecule has 0 bridgehead atoms. The molecule has 1 fully saturated rings. The van der Waals surface area contributed by atoms with Gasteiger partial charge < -0.3 is 4.90 Å². The number of anilines is 1. The van der Waals surface area contributed by atoms with Crippen LogP contribution in [0.5, 0.6) is 0 Å². The summed E-state index contributed by atoms with van der Waals surface area (Å²) in [6.45, 7) is 5.44. The van der Waals surface area contributed by atoms with Gasteiger partial charge in [0.1, 0.15) is 5.82 Å². The van der Waals surface area contributed by atoms with Crippen molar-refractivity contribution >= 4 is 15.8 Å². The molecule has 1 aromatic rings. The first-order valence-electron chi connectivity index (χ1n) is 6.20. The van der Waals surface area contributed by atoms with E-state index in [1.807, 2.05) is 30.0 Å². The standard InChI is InChI=1S/C12H19N3O2S/c1-3-13-18(16,17)11-7-8-15(9-11)12-6-4-5-10(2)14-12/h4-6,11,13H,3,7-9H2,1-2H3. The molecule has 1 N–H and O–H groups in total. The summed E-state index contributed by atoms with van der Waals surface area (Å²) in [6.07, 6.45) is 0.658. The molecule has 18 heavy (non-hydrogen) atoms. The number of pyridine rings is 1. The maximum atomic E-state index is 11.9. The number of rotatable bonds is 4. The zero-order valence-corrected chi connectivity index (χ0v) is 11.6. The Balaban J connectivity index is 2.09. The van der Waals surface area contributed by atoms with Gasteiger partial charge in [0.05, 0.1) is 5.25 Å². The summed E-state index contributed by atoms with van der Waals surface area (Å²) in [6, 6.07) is 5.81. The van der Waals surface area contributed by atoms with Crippen molar-refractivity contribution in [2.45, 2.75) is 25.5 Å². The minimum Gasteiger partial charge on any atom is -0.355 e. The largest absolute Gasteiger partial charge is 0.355 e. The highest BCUT2D eigenvalue weighted by molar-refractivity contribution is 7.90. The van der Waals surface area contributed by atoms with Gasteiger partial charge in [0, 0.05) is 25.3 Å². The van der Waals surface area contributed by atoms with Crippen LogP contribution in [0.3, 0.4) is 0 Å². The number of sulfonamides is 1. The third-order valence-electron chi connectivity index (χ3n) is 3.13. The molecule has 0 aliphatic carbocycles. The molecule has 1 saturated heterocycles. The highest BCUT2D eigenvalue weighted by Gasteiger charge is 2.33. The first-order valence-corrected chi connectivity index (χ1v) is 7.74. The lowest BCUT2D eigenvalue weighted by atomic mass is 10.3. The van der Waals surface area contributed by atoms with Gasteiger partial charge in [0.25, 0.3) is 0 Å². The van der Waals surface area contributed by atoms with Crippen molar-refractivity contribution in [2.24, 2.45) is 0 Å². The molecule has 0 radical (unpaired) electrons. The summed E-state index contributed by atoms with van der Waals surface area (Å²) in [7, 11) is -3.18. The molecule has 1 aliphatic heterocycles. The van der Waals surface area contributed by atoms with Crippen LogP contribution in [0.15, 0.2) is 18.2 Å². The molecule has 0 aromatic carbocycles. The van der Waals surface area contributed by atoms with E-state index in [9.17, 15) is 8.42 Å². The maximum absolute atomic E-state index is 11.9. The van der Waals surface area contributed by atoms with Gasteiger partial charge in [0.15, 0.2) is 0 Å². The van der Waals surface area contributed by atoms with Crippen molar-refractivity contribution in [2.75, 3.05) is 24.5 Å². The summed E-state index contributed by atoms with van der Waals surface area (Å²) in [5.74, 6) is 0.865. The van der Waals surface area contributed by atoms with Crippen molar-refractivity contribution < 1.29 is 8.42 Å². The number of nitrogens with one attached hydrogen (secondary N) is 1. The molecular weight excluding hydrogens is 250 g/mol. The second kappa shape index (κ2) is 5.24. The normalized spacial score (nSPS) is 20.3. The van der Waals surface area contributed by atoms with Gasteiger partial charge in [-0.3, -0.25) is 0 Å². The second-order valence-electron chi connectivity index (χ2n) is 4.54. The Bertz CT molecular complexity index is 516. The average Bonchev–Trinajstić information content (AvgIpc) is 2.78. The Morgan fingerprint density at radius 3 is 2.94 bits per heavy atom. The number of aryl methyl sites for hydroxylation is 1. The monoisotopic (exact) mass is 269 g/mol. The quantitative estimate of drug-likeness (QED) is 0.882. The predicted molar refractivity (Wildman–Crippen MR) is 72.2 cm³/mol. The van der Waals surface area contributed by atoms with E-state index in [1.165, 1.54) is 0 Å². The maximum Gasteiger partial charge on any atom is 0.216 e. The fourth-order valence-electron chi connectivity index (χ4n) is 2.21. The van der Waals surface area contributed by atoms with Gasteiger partial charge in [0.2, 0.25) is 10.0 Å². The Hall–Kier alpha value is -1.14. The minimum absolute atomic E-state index is 0.334. The van der Waals surface area contributed by atoms with Crippen molar-refractivity contribution in [3.05, 3.63) is 23.9 Å². The molecule has 1 unspecified atom stereocenters. The summed E-state index contributed by atoms with van der Waals surface area (Å²) in [5, 5.41) is -0.334. The van der Waals surface area contributed by atoms with Crippen LogP contribution in [0.1, 0.15) is 19.0 Å². The van der Waals surface area contributed by atoms with E-state index >= 15 is 0 Å². The van der Waals surface area contributed by atoms with Crippen LogP contribution in [-0.2, 0) is 10.0 Å². The molecule has 1 aliphatic rings. The molecule has 0 spiro atoms. The fourth-order valence-corrected chi connectivity index (χ4v) is 3.64. The lowest BCUT2D eigenvalue weighted by Crippen LogP contribution is -2.36. The molecule has 0 saturated carbocycles. The third kappa shape index (κ3) is 2.81. The Labute approximate surface area is 108 Å². The Kier molecular flexibility index (Phi) is 3.87. The topological polar surface area (TPSA) is 62.3 Å². The first-order chi connectivity index (χ1) is 8.53. The van der Waals surface area contributed by atoms with Crippen LogP contribution >= 0.6 is 0 Å². The highest BCUT2D eigenvalue weighted by Crippen LogP contribution is 2.21. The Morgan fingerprint density at radius 1 is 1.50 bits per heavy atom. The number of nitrogens with zero attached hydrogens (tertiary/aromatic N) is 2. The minimum atomic E-state index is -3.18. The predicted octanol–water partition coefficient (Wildman–Crippen LogP) is 0.908. The van der Waals surface area contributed by atoms with E-state index < -0.39 is 10.0 Å². The molecule has 2 rings (SSSR count). The summed E-state index contributed by atoms with van der Waals surface area (Å²) >= 11 is 0. The van der Waals surface area contributed by atoms with Gasteiger partial charge in [-0.25, -0.2) is 18.1 Å². The fraction of sp³-hybridized carbons (Fsp3) is 0.583. The summed E-state index contributed by atoms with van der Waals surface area (Å²) in [5.41, 5.74) is 0.950. The van der Waals surface area contributed by atoms with Crippen LogP contribution < -0.4 is 9.62 Å². The van der Waals surface area contributed by atoms with Crippen LogP contribution in [0, 0.1) is 6.92 Å². The second-order valence-corrected chi connectivity index (χ2v) is 6.58. The zero-order chi connectivity index (χ0) is 13.2. The number of aromatic nitrogens is 1. The van der Waals surface area contributed by atoms with Crippen molar-refractivity contribution in [3.8, 4) is 0 Å². The highest BCUT2D eigenvalue weighted by atomic mass is 32.2. The Morgan fingerprint density at radius 2 is 2.28 bits per heavy atom. The van der Waals surface area contributed by atoms with E-state index in [0.29, 0.717) is 19.5 Å². The van der Waals surface area contributed by atoms with Crippen LogP contribution in [0.25, 0.3) is 0 Å². The van der Waals surface area contributed by atoms with Gasteiger partial charge in [-0.2, -0.15) is 0 Å². The molecule has 1 atom stereocenters. The number of hydrogen-bond donors (Lipinski definition) is 1. The third-order valence-corrected chi connectivity index (χ3v) is 5.08. The molecule has 1 aromatic heterocycles.